The molecule has 20 heavy (non-hydrogen) atoms. The van der Waals surface area contributed by atoms with Gasteiger partial charge in [-0.25, -0.2) is 4.79 Å². The lowest BCUT2D eigenvalue weighted by Crippen LogP contribution is -2.55. The van der Waals surface area contributed by atoms with E-state index in [1.54, 1.807) is 0 Å². The van der Waals surface area contributed by atoms with E-state index in [0.29, 0.717) is 0 Å². The lowest BCUT2D eigenvalue weighted by molar-refractivity contribution is -0.270. The summed E-state index contributed by atoms with van der Waals surface area (Å²) in [5.74, 6) is -11.7. The van der Waals surface area contributed by atoms with Crippen LogP contribution in [0.5, 0.6) is 0 Å². The van der Waals surface area contributed by atoms with Crippen LogP contribution in [0.25, 0.3) is 0 Å². The van der Waals surface area contributed by atoms with Crippen LogP contribution in [-0.4, -0.2) is 47.7 Å². The fourth-order valence-electron chi connectivity index (χ4n) is 0.988. The van der Waals surface area contributed by atoms with Gasteiger partial charge in [-0.1, -0.05) is 0 Å². The second-order valence-electron chi connectivity index (χ2n) is 3.45. The van der Waals surface area contributed by atoms with Gasteiger partial charge in [-0.15, -0.1) is 0 Å². The zero-order valence-corrected chi connectivity index (χ0v) is 9.96. The number of carboxylic acid groups (broad SMARTS) is 1. The van der Waals surface area contributed by atoms with E-state index in [0.717, 1.165) is 5.32 Å². The third-order valence-corrected chi connectivity index (χ3v) is 1.90. The van der Waals surface area contributed by atoms with E-state index in [1.165, 1.54) is 6.92 Å². The van der Waals surface area contributed by atoms with Gasteiger partial charge in [0, 0.05) is 0 Å². The number of ether oxygens (including phenoxy) is 1. The van der Waals surface area contributed by atoms with Gasteiger partial charge in [0.15, 0.2) is 0 Å². The molecular formula is C9H10F5NO5. The van der Waals surface area contributed by atoms with Gasteiger partial charge in [0.2, 0.25) is 0 Å². The number of halogens is 5. The number of nitrogens with one attached hydrogen (secondary N) is 1. The average molecular weight is 307 g/mol. The fraction of sp³-hybridized carbons (Fsp3) is 0.667. The van der Waals surface area contributed by atoms with Crippen molar-refractivity contribution >= 4 is 17.8 Å². The minimum absolute atomic E-state index is 0.277. The molecular weight excluding hydrogens is 297 g/mol. The molecule has 0 heterocycles. The molecule has 11 heteroatoms. The Morgan fingerprint density at radius 2 is 1.70 bits per heavy atom. The number of amides is 1. The Hall–Kier alpha value is -1.94. The predicted molar refractivity (Wildman–Crippen MR) is 51.8 cm³/mol. The number of hydrogen-bond acceptors (Lipinski definition) is 4. The molecule has 0 aliphatic carbocycles. The van der Waals surface area contributed by atoms with Crippen molar-refractivity contribution in [2.24, 2.45) is 0 Å². The van der Waals surface area contributed by atoms with Gasteiger partial charge in [-0.3, -0.25) is 9.59 Å². The first-order valence-electron chi connectivity index (χ1n) is 5.07. The van der Waals surface area contributed by atoms with Crippen LogP contribution in [0.3, 0.4) is 0 Å². The molecule has 0 radical (unpaired) electrons. The van der Waals surface area contributed by atoms with Crippen LogP contribution in [0.1, 0.15) is 13.3 Å². The molecule has 0 aromatic carbocycles. The summed E-state index contributed by atoms with van der Waals surface area (Å²) in [4.78, 5) is 32.4. The van der Waals surface area contributed by atoms with E-state index < -0.39 is 42.4 Å². The maximum absolute atomic E-state index is 12.6. The molecule has 0 fully saturated rings. The molecule has 1 amide bonds. The highest BCUT2D eigenvalue weighted by Gasteiger charge is 2.63. The van der Waals surface area contributed by atoms with Crippen molar-refractivity contribution in [2.45, 2.75) is 31.5 Å². The van der Waals surface area contributed by atoms with Gasteiger partial charge in [0.1, 0.15) is 6.04 Å². The molecule has 0 aromatic heterocycles. The van der Waals surface area contributed by atoms with Gasteiger partial charge >= 0.3 is 29.9 Å². The lowest BCUT2D eigenvalue weighted by Gasteiger charge is -2.21. The number of alkyl halides is 5. The Bertz CT molecular complexity index is 395. The number of hydrogen-bond donors (Lipinski definition) is 2. The molecule has 0 rings (SSSR count). The lowest BCUT2D eigenvalue weighted by atomic mass is 10.2. The van der Waals surface area contributed by atoms with Crippen LogP contribution in [0.15, 0.2) is 0 Å². The van der Waals surface area contributed by atoms with Crippen LogP contribution in [0, 0.1) is 0 Å². The van der Waals surface area contributed by atoms with Crippen molar-refractivity contribution in [1.82, 2.24) is 5.32 Å². The first-order chi connectivity index (χ1) is 8.93. The highest BCUT2D eigenvalue weighted by molar-refractivity contribution is 5.91. The highest BCUT2D eigenvalue weighted by Crippen LogP contribution is 2.35. The highest BCUT2D eigenvalue weighted by atomic mass is 19.4. The maximum Gasteiger partial charge on any atom is 0.463 e. The zero-order chi connectivity index (χ0) is 16.1. The SMILES string of the molecule is CCOC(=O)C(CC(=O)O)NC(=O)C(F)(F)C(F)(F)F. The summed E-state index contributed by atoms with van der Waals surface area (Å²) in [5.41, 5.74) is 0. The summed E-state index contributed by atoms with van der Waals surface area (Å²) >= 11 is 0. The third-order valence-electron chi connectivity index (χ3n) is 1.90. The van der Waals surface area contributed by atoms with Crippen molar-refractivity contribution in [1.29, 1.82) is 0 Å². The van der Waals surface area contributed by atoms with Crippen molar-refractivity contribution in [2.75, 3.05) is 6.61 Å². The Labute approximate surface area is 108 Å². The van der Waals surface area contributed by atoms with E-state index in [1.807, 2.05) is 0 Å². The molecule has 2 N–H and O–H groups in total. The molecule has 6 nitrogen and oxygen atoms in total. The average Bonchev–Trinajstić information content (AvgIpc) is 2.26. The minimum atomic E-state index is -6.17. The van der Waals surface area contributed by atoms with Crippen LogP contribution in [0.4, 0.5) is 22.0 Å². The van der Waals surface area contributed by atoms with Crippen molar-refractivity contribution in [3.63, 3.8) is 0 Å². The topological polar surface area (TPSA) is 92.7 Å². The second kappa shape index (κ2) is 6.48. The summed E-state index contributed by atoms with van der Waals surface area (Å²) in [6, 6.07) is -2.15. The Kier molecular flexibility index (Phi) is 5.85. The normalized spacial score (nSPS) is 13.5. The summed E-state index contributed by atoms with van der Waals surface area (Å²) in [5, 5.41) is 9.42. The minimum Gasteiger partial charge on any atom is -0.481 e. The summed E-state index contributed by atoms with van der Waals surface area (Å²) in [6.45, 7) is 1.02. The van der Waals surface area contributed by atoms with E-state index in [-0.39, 0.29) is 6.61 Å². The van der Waals surface area contributed by atoms with Gasteiger partial charge in [-0.05, 0) is 6.92 Å². The van der Waals surface area contributed by atoms with Crippen molar-refractivity contribution in [3.05, 3.63) is 0 Å². The summed E-state index contributed by atoms with van der Waals surface area (Å²) in [6.07, 6.45) is -7.36. The largest absolute Gasteiger partial charge is 0.481 e. The van der Waals surface area contributed by atoms with E-state index in [2.05, 4.69) is 4.74 Å². The predicted octanol–water partition coefficient (Wildman–Crippen LogP) is 0.707. The number of carboxylic acids is 1. The fourth-order valence-corrected chi connectivity index (χ4v) is 0.988. The number of rotatable bonds is 6. The van der Waals surface area contributed by atoms with Crippen LogP contribution < -0.4 is 5.32 Å². The Balaban J connectivity index is 5.03. The van der Waals surface area contributed by atoms with Gasteiger partial charge in [0.05, 0.1) is 13.0 Å². The van der Waals surface area contributed by atoms with E-state index >= 15 is 0 Å². The summed E-state index contributed by atoms with van der Waals surface area (Å²) < 4.78 is 65.2. The number of carbonyl (C=O) groups excluding carboxylic acids is 2. The molecule has 1 atom stereocenters. The molecule has 0 saturated carbocycles. The molecule has 1 unspecified atom stereocenters. The molecule has 0 spiro atoms. The molecule has 0 aliphatic rings. The third kappa shape index (κ3) is 4.63. The maximum atomic E-state index is 12.6. The molecule has 116 valence electrons. The van der Waals surface area contributed by atoms with Crippen LogP contribution in [0.2, 0.25) is 0 Å². The molecule has 0 aliphatic heterocycles. The molecule has 0 aromatic rings. The quantitative estimate of drug-likeness (QED) is 0.557. The van der Waals surface area contributed by atoms with Gasteiger partial charge in [0.25, 0.3) is 0 Å². The van der Waals surface area contributed by atoms with Crippen LogP contribution in [-0.2, 0) is 19.1 Å². The standard InChI is InChI=1S/C9H10F5NO5/c1-2-20-6(18)4(3-5(16)17)15-7(19)8(10,11)9(12,13)14/h4H,2-3H2,1H3,(H,15,19)(H,16,17). The van der Waals surface area contributed by atoms with Gasteiger partial charge in [-0.2, -0.15) is 22.0 Å². The Morgan fingerprint density at radius 3 is 2.05 bits per heavy atom. The van der Waals surface area contributed by atoms with E-state index in [4.69, 9.17) is 5.11 Å². The first kappa shape index (κ1) is 18.1. The molecule has 0 saturated heterocycles. The summed E-state index contributed by atoms with van der Waals surface area (Å²) in [7, 11) is 0. The monoisotopic (exact) mass is 307 g/mol. The van der Waals surface area contributed by atoms with Crippen molar-refractivity contribution in [3.8, 4) is 0 Å². The van der Waals surface area contributed by atoms with Gasteiger partial charge < -0.3 is 15.2 Å². The molecule has 0 bridgehead atoms. The first-order valence-corrected chi connectivity index (χ1v) is 5.07. The smallest absolute Gasteiger partial charge is 0.463 e. The zero-order valence-electron chi connectivity index (χ0n) is 9.96. The number of aliphatic carboxylic acids is 1. The number of esters is 1. The van der Waals surface area contributed by atoms with Crippen molar-refractivity contribution < 1.29 is 46.2 Å². The van der Waals surface area contributed by atoms with Crippen LogP contribution >= 0.6 is 0 Å². The van der Waals surface area contributed by atoms with E-state index in [9.17, 15) is 36.3 Å². The second-order valence-corrected chi connectivity index (χ2v) is 3.45. The number of carbonyl (C=O) groups is 3. The Morgan fingerprint density at radius 1 is 1.20 bits per heavy atom.